The van der Waals surface area contributed by atoms with Gasteiger partial charge in [0.1, 0.15) is 0 Å². The van der Waals surface area contributed by atoms with Crippen molar-refractivity contribution in [1.82, 2.24) is 4.90 Å². The van der Waals surface area contributed by atoms with Crippen LogP contribution in [0.25, 0.3) is 0 Å². The maximum absolute atomic E-state index is 11.3. The Hall–Kier alpha value is -1.36. The van der Waals surface area contributed by atoms with Crippen LogP contribution >= 0.6 is 0 Å². The van der Waals surface area contributed by atoms with E-state index in [0.717, 1.165) is 0 Å². The normalized spacial score (nSPS) is 21.7. The second kappa shape index (κ2) is 4.76. The molecule has 0 radical (unpaired) electrons. The molecule has 14 heavy (non-hydrogen) atoms. The molecule has 0 aromatic carbocycles. The Labute approximate surface area is 82.0 Å². The third-order valence-corrected chi connectivity index (χ3v) is 2.10. The number of ether oxygens (including phenoxy) is 1. The summed E-state index contributed by atoms with van der Waals surface area (Å²) in [5, 5.41) is 8.62. The number of aliphatic carboxylic acids is 1. The molecule has 0 saturated carbocycles. The molecule has 5 nitrogen and oxygen atoms in total. The highest BCUT2D eigenvalue weighted by atomic mass is 16.5. The maximum Gasteiger partial charge on any atom is 0.305 e. The lowest BCUT2D eigenvalue weighted by Crippen LogP contribution is -2.48. The average molecular weight is 199 g/mol. The van der Waals surface area contributed by atoms with Gasteiger partial charge in [-0.2, -0.15) is 0 Å². The molecule has 78 valence electrons. The van der Waals surface area contributed by atoms with Crippen molar-refractivity contribution in [1.29, 1.82) is 0 Å². The van der Waals surface area contributed by atoms with Gasteiger partial charge in [0.05, 0.1) is 25.7 Å². The fourth-order valence-corrected chi connectivity index (χ4v) is 1.43. The Bertz CT molecular complexity index is 251. The van der Waals surface area contributed by atoms with Gasteiger partial charge in [-0.15, -0.1) is 0 Å². The Morgan fingerprint density at radius 3 is 2.93 bits per heavy atom. The van der Waals surface area contributed by atoms with Gasteiger partial charge < -0.3 is 14.7 Å². The van der Waals surface area contributed by atoms with Crippen molar-refractivity contribution in [2.24, 2.45) is 0 Å². The summed E-state index contributed by atoms with van der Waals surface area (Å²) in [4.78, 5) is 23.3. The number of carboxylic acid groups (broad SMARTS) is 1. The van der Waals surface area contributed by atoms with Crippen molar-refractivity contribution < 1.29 is 19.4 Å². The van der Waals surface area contributed by atoms with E-state index >= 15 is 0 Å². The van der Waals surface area contributed by atoms with E-state index in [4.69, 9.17) is 9.84 Å². The lowest BCUT2D eigenvalue weighted by atomic mass is 10.1. The van der Waals surface area contributed by atoms with Gasteiger partial charge in [0.25, 0.3) is 0 Å². The predicted molar refractivity (Wildman–Crippen MR) is 48.8 cm³/mol. The first kappa shape index (κ1) is 10.7. The zero-order valence-corrected chi connectivity index (χ0v) is 7.81. The highest BCUT2D eigenvalue weighted by molar-refractivity contribution is 5.87. The highest BCUT2D eigenvalue weighted by Crippen LogP contribution is 2.11. The third kappa shape index (κ3) is 2.56. The molecule has 1 N–H and O–H groups in total. The van der Waals surface area contributed by atoms with Gasteiger partial charge >= 0.3 is 5.97 Å². The van der Waals surface area contributed by atoms with Gasteiger partial charge in [0.2, 0.25) is 5.91 Å². The monoisotopic (exact) mass is 199 g/mol. The number of hydrogen-bond acceptors (Lipinski definition) is 3. The first-order valence-electron chi connectivity index (χ1n) is 4.37. The zero-order chi connectivity index (χ0) is 10.6. The van der Waals surface area contributed by atoms with Crippen molar-refractivity contribution in [2.75, 3.05) is 19.8 Å². The van der Waals surface area contributed by atoms with Crippen LogP contribution in [0.15, 0.2) is 12.7 Å². The van der Waals surface area contributed by atoms with Crippen LogP contribution in [0, 0.1) is 0 Å². The van der Waals surface area contributed by atoms with Crippen LogP contribution in [0.2, 0.25) is 0 Å². The molecule has 1 fully saturated rings. The average Bonchev–Trinajstić information content (AvgIpc) is 2.16. The molecule has 0 spiro atoms. The van der Waals surface area contributed by atoms with Crippen LogP contribution in [0.5, 0.6) is 0 Å². The molecule has 0 aromatic rings. The number of carboxylic acids is 1. The van der Waals surface area contributed by atoms with E-state index in [0.29, 0.717) is 13.2 Å². The summed E-state index contributed by atoms with van der Waals surface area (Å²) in [7, 11) is 0. The molecule has 0 aliphatic carbocycles. The van der Waals surface area contributed by atoms with Crippen LogP contribution in [-0.2, 0) is 14.3 Å². The minimum absolute atomic E-state index is 0.0838. The fourth-order valence-electron chi connectivity index (χ4n) is 1.43. The summed E-state index contributed by atoms with van der Waals surface area (Å²) < 4.78 is 5.12. The lowest BCUT2D eigenvalue weighted by Gasteiger charge is -2.33. The molecule has 1 unspecified atom stereocenters. The van der Waals surface area contributed by atoms with Gasteiger partial charge in [-0.3, -0.25) is 9.59 Å². The molecule has 1 saturated heterocycles. The number of amides is 1. The number of morpholine rings is 1. The van der Waals surface area contributed by atoms with Crippen molar-refractivity contribution in [3.63, 3.8) is 0 Å². The van der Waals surface area contributed by atoms with Crippen LogP contribution < -0.4 is 0 Å². The third-order valence-electron chi connectivity index (χ3n) is 2.10. The van der Waals surface area contributed by atoms with Crippen molar-refractivity contribution >= 4 is 11.9 Å². The highest BCUT2D eigenvalue weighted by Gasteiger charge is 2.27. The van der Waals surface area contributed by atoms with Gasteiger partial charge in [-0.05, 0) is 6.08 Å². The number of rotatable bonds is 3. The summed E-state index contributed by atoms with van der Waals surface area (Å²) in [6.07, 6.45) is 1.11. The molecule has 0 bridgehead atoms. The van der Waals surface area contributed by atoms with Crippen molar-refractivity contribution in [3.05, 3.63) is 12.7 Å². The van der Waals surface area contributed by atoms with E-state index in [1.807, 2.05) is 0 Å². The van der Waals surface area contributed by atoms with E-state index < -0.39 is 5.97 Å². The fraction of sp³-hybridized carbons (Fsp3) is 0.556. The molecular weight excluding hydrogens is 186 g/mol. The van der Waals surface area contributed by atoms with Gasteiger partial charge in [0, 0.05) is 6.54 Å². The quantitative estimate of drug-likeness (QED) is 0.643. The number of nitrogens with zero attached hydrogens (tertiary/aromatic N) is 1. The van der Waals surface area contributed by atoms with E-state index in [-0.39, 0.29) is 25.0 Å². The molecule has 5 heteroatoms. The number of hydrogen-bond donors (Lipinski definition) is 1. The standard InChI is InChI=1S/C9H13NO4/c1-2-8(11)10-3-4-14-6-7(10)5-9(12)13/h2,7H,1,3-6H2,(H,12,13). The summed E-state index contributed by atoms with van der Waals surface area (Å²) in [5.74, 6) is -1.16. The van der Waals surface area contributed by atoms with E-state index in [1.54, 1.807) is 0 Å². The molecule has 1 aliphatic rings. The van der Waals surface area contributed by atoms with Gasteiger partial charge in [-0.25, -0.2) is 0 Å². The first-order chi connectivity index (χ1) is 6.65. The van der Waals surface area contributed by atoms with Crippen LogP contribution in [0.3, 0.4) is 0 Å². The molecule has 1 rings (SSSR count). The number of carbonyl (C=O) groups is 2. The Kier molecular flexibility index (Phi) is 3.64. The van der Waals surface area contributed by atoms with Crippen LogP contribution in [0.4, 0.5) is 0 Å². The van der Waals surface area contributed by atoms with Gasteiger partial charge in [0.15, 0.2) is 0 Å². The molecular formula is C9H13NO4. The van der Waals surface area contributed by atoms with Crippen molar-refractivity contribution in [3.8, 4) is 0 Å². The maximum atomic E-state index is 11.3. The van der Waals surface area contributed by atoms with Gasteiger partial charge in [-0.1, -0.05) is 6.58 Å². The Balaban J connectivity index is 2.63. The second-order valence-electron chi connectivity index (χ2n) is 3.06. The van der Waals surface area contributed by atoms with Crippen molar-refractivity contribution in [2.45, 2.75) is 12.5 Å². The Morgan fingerprint density at radius 1 is 1.64 bits per heavy atom. The SMILES string of the molecule is C=CC(=O)N1CCOCC1CC(=O)O. The summed E-state index contributed by atoms with van der Waals surface area (Å²) in [6, 6.07) is -0.369. The lowest BCUT2D eigenvalue weighted by molar-refractivity contribution is -0.143. The molecule has 1 heterocycles. The van der Waals surface area contributed by atoms with Crippen LogP contribution in [0.1, 0.15) is 6.42 Å². The number of carbonyl (C=O) groups excluding carboxylic acids is 1. The molecule has 1 atom stereocenters. The zero-order valence-electron chi connectivity index (χ0n) is 7.81. The summed E-state index contributed by atoms with van der Waals surface area (Å²) >= 11 is 0. The van der Waals surface area contributed by atoms with E-state index in [1.165, 1.54) is 11.0 Å². The topological polar surface area (TPSA) is 66.8 Å². The first-order valence-corrected chi connectivity index (χ1v) is 4.37. The molecule has 1 amide bonds. The minimum Gasteiger partial charge on any atom is -0.481 e. The van der Waals surface area contributed by atoms with E-state index in [2.05, 4.69) is 6.58 Å². The Morgan fingerprint density at radius 2 is 2.36 bits per heavy atom. The second-order valence-corrected chi connectivity index (χ2v) is 3.06. The molecule has 1 aliphatic heterocycles. The largest absolute Gasteiger partial charge is 0.481 e. The molecule has 0 aromatic heterocycles. The smallest absolute Gasteiger partial charge is 0.305 e. The predicted octanol–water partition coefficient (Wildman–Crippen LogP) is -0.126. The summed E-state index contributed by atoms with van der Waals surface area (Å²) in [5.41, 5.74) is 0. The van der Waals surface area contributed by atoms with E-state index in [9.17, 15) is 9.59 Å². The summed E-state index contributed by atoms with van der Waals surface area (Å²) in [6.45, 7) is 4.54. The van der Waals surface area contributed by atoms with Crippen LogP contribution in [-0.4, -0.2) is 47.7 Å². The minimum atomic E-state index is -0.928.